The number of nitrogens with zero attached hydrogens (tertiary/aromatic N) is 1. The molecule has 7 heteroatoms. The summed E-state index contributed by atoms with van der Waals surface area (Å²) >= 11 is 11.8. The van der Waals surface area contributed by atoms with E-state index >= 15 is 0 Å². The van der Waals surface area contributed by atoms with Crippen LogP contribution >= 0.6 is 23.2 Å². The normalized spacial score (nSPS) is 10.7. The average Bonchev–Trinajstić information content (AvgIpc) is 2.54. The molecule has 5 nitrogen and oxygen atoms in total. The van der Waals surface area contributed by atoms with Crippen LogP contribution in [0.25, 0.3) is 10.8 Å². The van der Waals surface area contributed by atoms with E-state index in [0.29, 0.717) is 27.1 Å². The van der Waals surface area contributed by atoms with Gasteiger partial charge in [-0.05, 0) is 24.3 Å². The molecule has 23 heavy (non-hydrogen) atoms. The summed E-state index contributed by atoms with van der Waals surface area (Å²) in [4.78, 5) is 23.9. The number of benzene rings is 2. The molecule has 0 fully saturated rings. The number of hydrogen-bond acceptors (Lipinski definition) is 3. The van der Waals surface area contributed by atoms with Crippen LogP contribution < -0.4 is 10.9 Å². The van der Waals surface area contributed by atoms with Crippen LogP contribution in [0.2, 0.25) is 10.0 Å². The highest BCUT2D eigenvalue weighted by Gasteiger charge is 2.12. The van der Waals surface area contributed by atoms with Crippen molar-refractivity contribution in [2.24, 2.45) is 0 Å². The van der Waals surface area contributed by atoms with Crippen LogP contribution in [0.15, 0.2) is 47.3 Å². The van der Waals surface area contributed by atoms with Crippen molar-refractivity contribution in [2.75, 3.05) is 0 Å². The molecular formula is C16H11Cl2N3O2. The molecule has 0 saturated carbocycles. The Labute approximate surface area is 141 Å². The van der Waals surface area contributed by atoms with E-state index in [1.165, 1.54) is 6.07 Å². The second-order valence-corrected chi connectivity index (χ2v) is 5.70. The lowest BCUT2D eigenvalue weighted by Gasteiger charge is -2.08. The maximum atomic E-state index is 12.2. The van der Waals surface area contributed by atoms with E-state index in [-0.39, 0.29) is 23.0 Å². The number of rotatable bonds is 3. The van der Waals surface area contributed by atoms with Crippen LogP contribution in [-0.2, 0) is 6.54 Å². The third-order valence-corrected chi connectivity index (χ3v) is 3.91. The van der Waals surface area contributed by atoms with E-state index in [1.807, 2.05) is 6.07 Å². The lowest BCUT2D eigenvalue weighted by molar-refractivity contribution is 0.0950. The van der Waals surface area contributed by atoms with Gasteiger partial charge in [0.25, 0.3) is 11.5 Å². The number of halogens is 2. The molecule has 1 aromatic heterocycles. The Morgan fingerprint density at radius 2 is 1.87 bits per heavy atom. The SMILES string of the molecule is O=C(NCc1n[nH]c(=O)c2ccccc12)c1ccc(Cl)cc1Cl. The molecule has 3 aromatic rings. The summed E-state index contributed by atoms with van der Waals surface area (Å²) in [5.74, 6) is -0.344. The fraction of sp³-hybridized carbons (Fsp3) is 0.0625. The monoisotopic (exact) mass is 347 g/mol. The first-order chi connectivity index (χ1) is 11.1. The predicted molar refractivity (Wildman–Crippen MR) is 90.0 cm³/mol. The quantitative estimate of drug-likeness (QED) is 0.764. The molecule has 2 aromatic carbocycles. The Morgan fingerprint density at radius 1 is 1.13 bits per heavy atom. The van der Waals surface area contributed by atoms with Gasteiger partial charge in [0.1, 0.15) is 0 Å². The zero-order valence-electron chi connectivity index (χ0n) is 11.8. The Balaban J connectivity index is 1.85. The molecule has 116 valence electrons. The number of hydrogen-bond donors (Lipinski definition) is 2. The minimum atomic E-state index is -0.344. The first kappa shape index (κ1) is 15.5. The number of carbonyl (C=O) groups is 1. The fourth-order valence-corrected chi connectivity index (χ4v) is 2.73. The Kier molecular flexibility index (Phi) is 4.32. The number of aromatic nitrogens is 2. The van der Waals surface area contributed by atoms with Crippen LogP contribution in [0.3, 0.4) is 0 Å². The van der Waals surface area contributed by atoms with Gasteiger partial charge in [-0.1, -0.05) is 41.4 Å². The first-order valence-electron chi connectivity index (χ1n) is 6.76. The van der Waals surface area contributed by atoms with E-state index < -0.39 is 0 Å². The van der Waals surface area contributed by atoms with Crippen molar-refractivity contribution >= 4 is 39.9 Å². The van der Waals surface area contributed by atoms with Gasteiger partial charge in [-0.25, -0.2) is 5.10 Å². The van der Waals surface area contributed by atoms with E-state index in [1.54, 1.807) is 30.3 Å². The Hall–Kier alpha value is -2.37. The summed E-state index contributed by atoms with van der Waals surface area (Å²) < 4.78 is 0. The summed E-state index contributed by atoms with van der Waals surface area (Å²) in [6.07, 6.45) is 0. The molecule has 0 bridgehead atoms. The van der Waals surface area contributed by atoms with Gasteiger partial charge >= 0.3 is 0 Å². The standard InChI is InChI=1S/C16H11Cl2N3O2/c17-9-5-6-12(13(18)7-9)15(22)19-8-14-10-3-1-2-4-11(10)16(23)21-20-14/h1-7H,8H2,(H,19,22)(H,21,23). The van der Waals surface area contributed by atoms with Crippen molar-refractivity contribution in [3.63, 3.8) is 0 Å². The topological polar surface area (TPSA) is 74.8 Å². The highest BCUT2D eigenvalue weighted by molar-refractivity contribution is 6.36. The predicted octanol–water partition coefficient (Wildman–Crippen LogP) is 3.16. The number of carbonyl (C=O) groups excluding carboxylic acids is 1. The van der Waals surface area contributed by atoms with Gasteiger partial charge in [-0.2, -0.15) is 5.10 Å². The van der Waals surface area contributed by atoms with Gasteiger partial charge in [-0.15, -0.1) is 0 Å². The second kappa shape index (κ2) is 6.40. The minimum absolute atomic E-state index is 0.162. The first-order valence-corrected chi connectivity index (χ1v) is 7.51. The molecule has 0 radical (unpaired) electrons. The lowest BCUT2D eigenvalue weighted by atomic mass is 10.1. The second-order valence-electron chi connectivity index (χ2n) is 4.85. The molecular weight excluding hydrogens is 337 g/mol. The summed E-state index contributed by atoms with van der Waals surface area (Å²) in [6.45, 7) is 0.162. The van der Waals surface area contributed by atoms with Gasteiger partial charge in [0.2, 0.25) is 0 Å². The molecule has 0 saturated heterocycles. The summed E-state index contributed by atoms with van der Waals surface area (Å²) in [5, 5.41) is 11.1. The number of aromatic amines is 1. The van der Waals surface area contributed by atoms with Gasteiger partial charge in [0, 0.05) is 10.4 Å². The maximum Gasteiger partial charge on any atom is 0.272 e. The van der Waals surface area contributed by atoms with Crippen molar-refractivity contribution in [1.29, 1.82) is 0 Å². The van der Waals surface area contributed by atoms with Crippen molar-refractivity contribution < 1.29 is 4.79 Å². The molecule has 0 atom stereocenters. The summed E-state index contributed by atoms with van der Waals surface area (Å²) in [6, 6.07) is 11.7. The molecule has 1 amide bonds. The zero-order valence-corrected chi connectivity index (χ0v) is 13.3. The van der Waals surface area contributed by atoms with E-state index in [4.69, 9.17) is 23.2 Å². The maximum absolute atomic E-state index is 12.2. The van der Waals surface area contributed by atoms with Crippen molar-refractivity contribution in [1.82, 2.24) is 15.5 Å². The number of amides is 1. The molecule has 1 heterocycles. The molecule has 3 rings (SSSR count). The van der Waals surface area contributed by atoms with Crippen LogP contribution in [0.4, 0.5) is 0 Å². The zero-order chi connectivity index (χ0) is 16.4. The lowest BCUT2D eigenvalue weighted by Crippen LogP contribution is -2.25. The third-order valence-electron chi connectivity index (χ3n) is 3.37. The molecule has 0 unspecified atom stereocenters. The van der Waals surface area contributed by atoms with Crippen LogP contribution in [0, 0.1) is 0 Å². The van der Waals surface area contributed by atoms with Gasteiger partial charge in [0.05, 0.1) is 28.2 Å². The number of fused-ring (bicyclic) bond motifs is 1. The molecule has 0 aliphatic heterocycles. The molecule has 0 aliphatic carbocycles. The minimum Gasteiger partial charge on any atom is -0.346 e. The van der Waals surface area contributed by atoms with Gasteiger partial charge in [0.15, 0.2) is 0 Å². The van der Waals surface area contributed by atoms with Gasteiger partial charge < -0.3 is 5.32 Å². The largest absolute Gasteiger partial charge is 0.346 e. The third kappa shape index (κ3) is 3.21. The summed E-state index contributed by atoms with van der Waals surface area (Å²) in [5.41, 5.74) is 0.625. The van der Waals surface area contributed by atoms with E-state index in [9.17, 15) is 9.59 Å². The fourth-order valence-electron chi connectivity index (χ4n) is 2.24. The van der Waals surface area contributed by atoms with Gasteiger partial charge in [-0.3, -0.25) is 9.59 Å². The highest BCUT2D eigenvalue weighted by Crippen LogP contribution is 2.21. The van der Waals surface area contributed by atoms with Crippen molar-refractivity contribution in [3.8, 4) is 0 Å². The van der Waals surface area contributed by atoms with Crippen molar-refractivity contribution in [3.05, 3.63) is 74.1 Å². The van der Waals surface area contributed by atoms with E-state index in [2.05, 4.69) is 15.5 Å². The Morgan fingerprint density at radius 3 is 2.61 bits per heavy atom. The Bertz CT molecular complexity index is 953. The molecule has 2 N–H and O–H groups in total. The van der Waals surface area contributed by atoms with Crippen molar-refractivity contribution in [2.45, 2.75) is 6.54 Å². The molecule has 0 aliphatic rings. The summed E-state index contributed by atoms with van der Waals surface area (Å²) in [7, 11) is 0. The number of nitrogens with one attached hydrogen (secondary N) is 2. The van der Waals surface area contributed by atoms with Crippen LogP contribution in [-0.4, -0.2) is 16.1 Å². The number of H-pyrrole nitrogens is 1. The van der Waals surface area contributed by atoms with Crippen LogP contribution in [0.1, 0.15) is 16.1 Å². The van der Waals surface area contributed by atoms with Crippen LogP contribution in [0.5, 0.6) is 0 Å². The van der Waals surface area contributed by atoms with E-state index in [0.717, 1.165) is 0 Å². The highest BCUT2D eigenvalue weighted by atomic mass is 35.5. The average molecular weight is 348 g/mol. The molecule has 0 spiro atoms. The smallest absolute Gasteiger partial charge is 0.272 e.